The highest BCUT2D eigenvalue weighted by Gasteiger charge is 2.42. The average Bonchev–Trinajstić information content (AvgIpc) is 2.13. The molecule has 1 unspecified atom stereocenters. The molecule has 0 fully saturated rings. The van der Waals surface area contributed by atoms with E-state index in [1.807, 2.05) is 27.8 Å². The molecule has 0 radical (unpaired) electrons. The maximum Gasteiger partial charge on any atom is 0.309 e. The zero-order chi connectivity index (χ0) is 13.8. The van der Waals surface area contributed by atoms with Crippen LogP contribution >= 0.6 is 0 Å². The van der Waals surface area contributed by atoms with Gasteiger partial charge >= 0.3 is 5.97 Å². The van der Waals surface area contributed by atoms with E-state index in [0.717, 1.165) is 0 Å². The van der Waals surface area contributed by atoms with Gasteiger partial charge in [0, 0.05) is 13.2 Å². The van der Waals surface area contributed by atoms with Gasteiger partial charge in [-0.1, -0.05) is 34.6 Å². The van der Waals surface area contributed by atoms with Gasteiger partial charge in [0.2, 0.25) is 0 Å². The largest absolute Gasteiger partial charge is 0.481 e. The average molecular weight is 245 g/mol. The minimum atomic E-state index is -0.801. The molecule has 0 bridgehead atoms. The van der Waals surface area contributed by atoms with E-state index >= 15 is 0 Å². The zero-order valence-electron chi connectivity index (χ0n) is 12.1. The van der Waals surface area contributed by atoms with Crippen molar-refractivity contribution >= 4 is 5.97 Å². The summed E-state index contributed by atoms with van der Waals surface area (Å²) in [6.45, 7) is 9.93. The van der Waals surface area contributed by atoms with Crippen LogP contribution in [-0.4, -0.2) is 37.4 Å². The molecule has 0 aromatic rings. The number of carboxylic acid groups (broad SMARTS) is 1. The fourth-order valence-corrected chi connectivity index (χ4v) is 2.37. The SMILES string of the molecule is CN[C@@H](C(C)C)[C@H](OC)C(C(=O)O)C(C)(C)C. The summed E-state index contributed by atoms with van der Waals surface area (Å²) in [6, 6.07) is 0.0281. The van der Waals surface area contributed by atoms with Crippen LogP contribution in [0.4, 0.5) is 0 Å². The van der Waals surface area contributed by atoms with Crippen molar-refractivity contribution in [1.82, 2.24) is 5.32 Å². The van der Waals surface area contributed by atoms with E-state index in [1.165, 1.54) is 0 Å². The highest BCUT2D eigenvalue weighted by Crippen LogP contribution is 2.33. The third-order valence-corrected chi connectivity index (χ3v) is 3.21. The standard InChI is InChI=1S/C13H27NO3/c1-8(2)10(14-6)11(17-7)9(12(15)16)13(3,4)5/h8-11,14H,1-7H3,(H,15,16)/t9?,10-,11+/m0/s1. The predicted octanol–water partition coefficient (Wildman–Crippen LogP) is 1.99. The van der Waals surface area contributed by atoms with Gasteiger partial charge in [0.15, 0.2) is 0 Å². The molecule has 0 aliphatic heterocycles. The first-order valence-corrected chi connectivity index (χ1v) is 6.09. The Balaban J connectivity index is 5.23. The van der Waals surface area contributed by atoms with Crippen LogP contribution in [0.1, 0.15) is 34.6 Å². The molecule has 0 aliphatic rings. The lowest BCUT2D eigenvalue weighted by Gasteiger charge is -2.38. The Kier molecular flexibility index (Phi) is 6.13. The molecule has 4 nitrogen and oxygen atoms in total. The van der Waals surface area contributed by atoms with Crippen molar-refractivity contribution in [2.75, 3.05) is 14.2 Å². The molecule has 0 saturated heterocycles. The van der Waals surface area contributed by atoms with Crippen LogP contribution in [0.25, 0.3) is 0 Å². The number of aliphatic carboxylic acids is 1. The van der Waals surface area contributed by atoms with Gasteiger partial charge in [-0.05, 0) is 18.4 Å². The van der Waals surface area contributed by atoms with Crippen molar-refractivity contribution in [3.8, 4) is 0 Å². The second kappa shape index (κ2) is 6.36. The summed E-state index contributed by atoms with van der Waals surface area (Å²) in [7, 11) is 3.43. The predicted molar refractivity (Wildman–Crippen MR) is 69.1 cm³/mol. The Labute approximate surface area is 105 Å². The van der Waals surface area contributed by atoms with Gasteiger partial charge in [-0.15, -0.1) is 0 Å². The van der Waals surface area contributed by atoms with Gasteiger partial charge in [-0.3, -0.25) is 4.79 Å². The van der Waals surface area contributed by atoms with Crippen molar-refractivity contribution in [2.24, 2.45) is 17.3 Å². The molecule has 0 amide bonds. The normalized spacial score (nSPS) is 17.9. The summed E-state index contributed by atoms with van der Waals surface area (Å²) in [5.41, 5.74) is -0.337. The highest BCUT2D eigenvalue weighted by atomic mass is 16.5. The molecular formula is C13H27NO3. The molecule has 2 N–H and O–H groups in total. The molecule has 0 aromatic carbocycles. The smallest absolute Gasteiger partial charge is 0.309 e. The topological polar surface area (TPSA) is 58.6 Å². The number of carbonyl (C=O) groups is 1. The number of methoxy groups -OCH3 is 1. The summed E-state index contributed by atoms with van der Waals surface area (Å²) in [6.07, 6.45) is -0.336. The van der Waals surface area contributed by atoms with E-state index in [1.54, 1.807) is 7.11 Å². The fourth-order valence-electron chi connectivity index (χ4n) is 2.37. The Morgan fingerprint density at radius 2 is 1.76 bits per heavy atom. The number of likely N-dealkylation sites (N-methyl/N-ethyl adjacent to an activating group) is 1. The summed E-state index contributed by atoms with van der Waals surface area (Å²) >= 11 is 0. The minimum absolute atomic E-state index is 0.0281. The summed E-state index contributed by atoms with van der Waals surface area (Å²) in [4.78, 5) is 11.5. The van der Waals surface area contributed by atoms with Gasteiger partial charge in [0.25, 0.3) is 0 Å². The van der Waals surface area contributed by atoms with Crippen LogP contribution in [0.3, 0.4) is 0 Å². The Morgan fingerprint density at radius 1 is 1.29 bits per heavy atom. The molecule has 102 valence electrons. The van der Waals surface area contributed by atoms with E-state index in [2.05, 4.69) is 19.2 Å². The first kappa shape index (κ1) is 16.4. The molecule has 3 atom stereocenters. The van der Waals surface area contributed by atoms with E-state index in [-0.39, 0.29) is 17.6 Å². The van der Waals surface area contributed by atoms with E-state index in [9.17, 15) is 9.90 Å². The number of hydrogen-bond acceptors (Lipinski definition) is 3. The van der Waals surface area contributed by atoms with Gasteiger partial charge in [-0.2, -0.15) is 0 Å². The zero-order valence-corrected chi connectivity index (χ0v) is 12.1. The molecule has 0 aliphatic carbocycles. The number of nitrogens with one attached hydrogen (secondary N) is 1. The van der Waals surface area contributed by atoms with Gasteiger partial charge in [0.05, 0.1) is 12.0 Å². The van der Waals surface area contributed by atoms with Crippen LogP contribution in [-0.2, 0) is 9.53 Å². The number of ether oxygens (including phenoxy) is 1. The second-order valence-corrected chi connectivity index (χ2v) is 5.94. The van der Waals surface area contributed by atoms with Crippen molar-refractivity contribution < 1.29 is 14.6 Å². The Bertz CT molecular complexity index is 246. The molecule has 0 spiro atoms. The lowest BCUT2D eigenvalue weighted by atomic mass is 9.73. The maximum absolute atomic E-state index is 11.5. The van der Waals surface area contributed by atoms with Crippen LogP contribution in [0, 0.1) is 17.3 Å². The molecule has 0 saturated carbocycles. The first-order valence-electron chi connectivity index (χ1n) is 6.09. The summed E-state index contributed by atoms with van der Waals surface area (Å²) in [5, 5.41) is 12.6. The molecule has 17 heavy (non-hydrogen) atoms. The third-order valence-electron chi connectivity index (χ3n) is 3.21. The number of rotatable bonds is 6. The molecule has 0 rings (SSSR count). The molecule has 0 aromatic heterocycles. The van der Waals surface area contributed by atoms with Crippen LogP contribution in [0.15, 0.2) is 0 Å². The first-order chi connectivity index (χ1) is 7.66. The van der Waals surface area contributed by atoms with Crippen LogP contribution in [0.5, 0.6) is 0 Å². The van der Waals surface area contributed by atoms with Crippen LogP contribution in [0.2, 0.25) is 0 Å². The van der Waals surface area contributed by atoms with Crippen molar-refractivity contribution in [2.45, 2.75) is 46.8 Å². The van der Waals surface area contributed by atoms with Gasteiger partial charge in [-0.25, -0.2) is 0 Å². The Hall–Kier alpha value is -0.610. The quantitative estimate of drug-likeness (QED) is 0.751. The molecule has 4 heteroatoms. The lowest BCUT2D eigenvalue weighted by molar-refractivity contribution is -0.154. The lowest BCUT2D eigenvalue weighted by Crippen LogP contribution is -2.52. The van der Waals surface area contributed by atoms with Crippen molar-refractivity contribution in [3.63, 3.8) is 0 Å². The summed E-state index contributed by atoms with van der Waals surface area (Å²) in [5.74, 6) is -1.02. The number of carboxylic acids is 1. The van der Waals surface area contributed by atoms with Crippen molar-refractivity contribution in [1.29, 1.82) is 0 Å². The highest BCUT2D eigenvalue weighted by molar-refractivity contribution is 5.71. The van der Waals surface area contributed by atoms with Crippen LogP contribution < -0.4 is 5.32 Å². The molecule has 0 heterocycles. The molecular weight excluding hydrogens is 218 g/mol. The maximum atomic E-state index is 11.5. The number of hydrogen-bond donors (Lipinski definition) is 2. The third kappa shape index (κ3) is 4.28. The van der Waals surface area contributed by atoms with E-state index in [4.69, 9.17) is 4.74 Å². The minimum Gasteiger partial charge on any atom is -0.481 e. The van der Waals surface area contributed by atoms with E-state index < -0.39 is 11.9 Å². The summed E-state index contributed by atoms with van der Waals surface area (Å²) < 4.78 is 5.47. The van der Waals surface area contributed by atoms with E-state index in [0.29, 0.717) is 5.92 Å². The van der Waals surface area contributed by atoms with Crippen molar-refractivity contribution in [3.05, 3.63) is 0 Å². The Morgan fingerprint density at radius 3 is 1.94 bits per heavy atom. The van der Waals surface area contributed by atoms with Gasteiger partial charge in [0.1, 0.15) is 0 Å². The fraction of sp³-hybridized carbons (Fsp3) is 0.923. The van der Waals surface area contributed by atoms with Gasteiger partial charge < -0.3 is 15.2 Å². The monoisotopic (exact) mass is 245 g/mol. The second-order valence-electron chi connectivity index (χ2n) is 5.94.